The number of anilines is 1. The Hall–Kier alpha value is -3.44. The first-order valence-corrected chi connectivity index (χ1v) is 9.02. The lowest BCUT2D eigenvalue weighted by molar-refractivity contribution is -0.116. The lowest BCUT2D eigenvalue weighted by Crippen LogP contribution is -2.25. The second-order valence-corrected chi connectivity index (χ2v) is 6.42. The van der Waals surface area contributed by atoms with Gasteiger partial charge in [-0.15, -0.1) is 17.8 Å². The Labute approximate surface area is 159 Å². The third-order valence-corrected chi connectivity index (χ3v) is 4.44. The number of nitrogens with one attached hydrogen (secondary N) is 2. The predicted octanol–water partition coefficient (Wildman–Crippen LogP) is 2.73. The molecule has 2 aromatic heterocycles. The number of thiophene rings is 1. The molecule has 0 spiro atoms. The number of benzene rings is 1. The van der Waals surface area contributed by atoms with E-state index in [1.54, 1.807) is 24.3 Å². The van der Waals surface area contributed by atoms with Gasteiger partial charge in [-0.05, 0) is 23.6 Å². The first-order chi connectivity index (χ1) is 13.2. The summed E-state index contributed by atoms with van der Waals surface area (Å²) in [6.45, 7) is 0.116. The number of nitrogens with zero attached hydrogens (tertiary/aromatic N) is 2. The van der Waals surface area contributed by atoms with Crippen LogP contribution in [-0.4, -0.2) is 28.5 Å². The van der Waals surface area contributed by atoms with Gasteiger partial charge in [0.25, 0.3) is 5.91 Å². The van der Waals surface area contributed by atoms with Crippen LogP contribution in [0.1, 0.15) is 22.7 Å². The zero-order valence-corrected chi connectivity index (χ0v) is 15.1. The average molecular weight is 380 g/mol. The van der Waals surface area contributed by atoms with Crippen LogP contribution >= 0.6 is 11.3 Å². The summed E-state index contributed by atoms with van der Waals surface area (Å²) in [6, 6.07) is 10.5. The van der Waals surface area contributed by atoms with E-state index in [2.05, 4.69) is 26.7 Å². The second-order valence-electron chi connectivity index (χ2n) is 5.47. The van der Waals surface area contributed by atoms with Crippen LogP contribution in [0.5, 0.6) is 0 Å². The minimum Gasteiger partial charge on any atom is -0.341 e. The summed E-state index contributed by atoms with van der Waals surface area (Å²) in [5.41, 5.74) is 0.765. The van der Waals surface area contributed by atoms with E-state index in [1.807, 2.05) is 17.5 Å². The van der Waals surface area contributed by atoms with Crippen molar-refractivity contribution >= 4 is 28.8 Å². The van der Waals surface area contributed by atoms with Gasteiger partial charge < -0.3 is 15.2 Å². The quantitative estimate of drug-likeness (QED) is 0.614. The molecule has 2 heterocycles. The number of hydrogen-bond donors (Lipinski definition) is 2. The highest BCUT2D eigenvalue weighted by atomic mass is 32.1. The van der Waals surface area contributed by atoms with Gasteiger partial charge >= 0.3 is 0 Å². The van der Waals surface area contributed by atoms with Crippen LogP contribution in [0, 0.1) is 12.3 Å². The Balaban J connectivity index is 1.59. The van der Waals surface area contributed by atoms with Gasteiger partial charge in [-0.3, -0.25) is 9.59 Å². The van der Waals surface area contributed by atoms with E-state index >= 15 is 0 Å². The van der Waals surface area contributed by atoms with Gasteiger partial charge in [-0.1, -0.05) is 29.3 Å². The number of carbonyl (C=O) groups is 2. The Bertz CT molecular complexity index is 973. The van der Waals surface area contributed by atoms with Gasteiger partial charge in [0.05, 0.1) is 22.7 Å². The Morgan fingerprint density at radius 1 is 1.22 bits per heavy atom. The van der Waals surface area contributed by atoms with Crippen molar-refractivity contribution < 1.29 is 14.1 Å². The molecule has 3 rings (SSSR count). The Morgan fingerprint density at radius 3 is 2.85 bits per heavy atom. The number of para-hydroxylation sites is 1. The first kappa shape index (κ1) is 18.4. The monoisotopic (exact) mass is 380 g/mol. The van der Waals surface area contributed by atoms with Gasteiger partial charge in [-0.2, -0.15) is 4.98 Å². The van der Waals surface area contributed by atoms with Crippen molar-refractivity contribution in [2.24, 2.45) is 0 Å². The fourth-order valence-electron chi connectivity index (χ4n) is 2.31. The van der Waals surface area contributed by atoms with Crippen molar-refractivity contribution in [2.45, 2.75) is 12.8 Å². The summed E-state index contributed by atoms with van der Waals surface area (Å²) >= 11 is 1.51. The van der Waals surface area contributed by atoms with E-state index in [-0.39, 0.29) is 24.8 Å². The number of aryl methyl sites for hydroxylation is 1. The number of terminal acetylenes is 1. The fourth-order valence-corrected chi connectivity index (χ4v) is 2.96. The molecular weight excluding hydrogens is 364 g/mol. The highest BCUT2D eigenvalue weighted by Gasteiger charge is 2.14. The van der Waals surface area contributed by atoms with Crippen molar-refractivity contribution in [3.63, 3.8) is 0 Å². The molecule has 0 aliphatic heterocycles. The highest BCUT2D eigenvalue weighted by molar-refractivity contribution is 7.13. The normalized spacial score (nSPS) is 10.2. The molecular formula is C19H16N4O3S. The molecule has 0 saturated heterocycles. The molecule has 136 valence electrons. The zero-order valence-electron chi connectivity index (χ0n) is 14.3. The Morgan fingerprint density at radius 2 is 2.07 bits per heavy atom. The smallest absolute Gasteiger partial charge is 0.254 e. The number of aromatic nitrogens is 2. The molecule has 0 aliphatic rings. The van der Waals surface area contributed by atoms with E-state index < -0.39 is 0 Å². The molecule has 8 heteroatoms. The van der Waals surface area contributed by atoms with Gasteiger partial charge in [0.1, 0.15) is 0 Å². The molecule has 2 N–H and O–H groups in total. The van der Waals surface area contributed by atoms with Crippen molar-refractivity contribution in [3.05, 3.63) is 53.2 Å². The van der Waals surface area contributed by atoms with Crippen LogP contribution in [0.4, 0.5) is 5.69 Å². The molecule has 0 aliphatic carbocycles. The third kappa shape index (κ3) is 4.80. The molecule has 0 fully saturated rings. The van der Waals surface area contributed by atoms with E-state index in [4.69, 9.17) is 10.9 Å². The minimum atomic E-state index is -0.346. The molecule has 2 amide bonds. The number of carbonyl (C=O) groups excluding carboxylic acids is 2. The minimum absolute atomic E-state index is 0.116. The lowest BCUT2D eigenvalue weighted by atomic mass is 10.1. The van der Waals surface area contributed by atoms with Crippen LogP contribution in [0.15, 0.2) is 46.3 Å². The summed E-state index contributed by atoms with van der Waals surface area (Å²) in [5, 5.41) is 11.1. The second kappa shape index (κ2) is 8.78. The molecule has 0 radical (unpaired) electrons. The van der Waals surface area contributed by atoms with Crippen molar-refractivity contribution in [2.75, 3.05) is 11.9 Å². The summed E-state index contributed by atoms with van der Waals surface area (Å²) in [7, 11) is 0. The number of amides is 2. The molecule has 0 bridgehead atoms. The maximum Gasteiger partial charge on any atom is 0.254 e. The SMILES string of the molecule is C#CCNC(=O)c1ccccc1NC(=O)CCc1nc(-c2cccs2)no1. The van der Waals surface area contributed by atoms with Crippen molar-refractivity contribution in [3.8, 4) is 23.0 Å². The maximum absolute atomic E-state index is 12.2. The molecule has 27 heavy (non-hydrogen) atoms. The van der Waals surface area contributed by atoms with E-state index in [1.165, 1.54) is 11.3 Å². The van der Waals surface area contributed by atoms with Crippen LogP contribution in [0.2, 0.25) is 0 Å². The van der Waals surface area contributed by atoms with Gasteiger partial charge in [0.2, 0.25) is 17.6 Å². The molecule has 1 aromatic carbocycles. The first-order valence-electron chi connectivity index (χ1n) is 8.14. The predicted molar refractivity (Wildman–Crippen MR) is 102 cm³/mol. The largest absolute Gasteiger partial charge is 0.341 e. The van der Waals surface area contributed by atoms with E-state index in [0.717, 1.165) is 4.88 Å². The average Bonchev–Trinajstić information content (AvgIpc) is 3.36. The van der Waals surface area contributed by atoms with E-state index in [0.29, 0.717) is 29.4 Å². The summed E-state index contributed by atoms with van der Waals surface area (Å²) in [4.78, 5) is 29.5. The zero-order chi connectivity index (χ0) is 19.1. The summed E-state index contributed by atoms with van der Waals surface area (Å²) in [5.74, 6) is 2.62. The van der Waals surface area contributed by atoms with Crippen LogP contribution in [0.25, 0.3) is 10.7 Å². The van der Waals surface area contributed by atoms with Crippen molar-refractivity contribution in [1.82, 2.24) is 15.5 Å². The molecule has 3 aromatic rings. The molecule has 0 saturated carbocycles. The van der Waals surface area contributed by atoms with Crippen LogP contribution in [-0.2, 0) is 11.2 Å². The molecule has 0 unspecified atom stereocenters. The maximum atomic E-state index is 12.2. The fraction of sp³-hybridized carbons (Fsp3) is 0.158. The summed E-state index contributed by atoms with van der Waals surface area (Å²) in [6.07, 6.45) is 5.59. The lowest BCUT2D eigenvalue weighted by Gasteiger charge is -2.10. The number of rotatable bonds is 7. The highest BCUT2D eigenvalue weighted by Crippen LogP contribution is 2.21. The van der Waals surface area contributed by atoms with Gasteiger partial charge in [-0.25, -0.2) is 0 Å². The van der Waals surface area contributed by atoms with Crippen LogP contribution < -0.4 is 10.6 Å². The van der Waals surface area contributed by atoms with Gasteiger partial charge in [0, 0.05) is 12.8 Å². The van der Waals surface area contributed by atoms with E-state index in [9.17, 15) is 9.59 Å². The van der Waals surface area contributed by atoms with Crippen LogP contribution in [0.3, 0.4) is 0 Å². The topological polar surface area (TPSA) is 97.1 Å². The summed E-state index contributed by atoms with van der Waals surface area (Å²) < 4.78 is 5.18. The molecule has 7 nitrogen and oxygen atoms in total. The molecule has 0 atom stereocenters. The van der Waals surface area contributed by atoms with Crippen molar-refractivity contribution in [1.29, 1.82) is 0 Å². The third-order valence-electron chi connectivity index (χ3n) is 3.57. The van der Waals surface area contributed by atoms with Gasteiger partial charge in [0.15, 0.2) is 0 Å². The Kier molecular flexibility index (Phi) is 5.97. The standard InChI is InChI=1S/C19H16N4O3S/c1-2-11-20-19(25)13-6-3-4-7-14(13)21-16(24)9-10-17-22-18(23-26-17)15-8-5-12-27-15/h1,3-8,12H,9-11H2,(H,20,25)(H,21,24). The number of hydrogen-bond acceptors (Lipinski definition) is 6.